The molecule has 0 bridgehead atoms. The van der Waals surface area contributed by atoms with E-state index in [1.165, 1.54) is 0 Å². The third-order valence-electron chi connectivity index (χ3n) is 2.94. The first-order valence-corrected chi connectivity index (χ1v) is 6.92. The molecule has 0 heterocycles. The van der Waals surface area contributed by atoms with Crippen LogP contribution in [0.1, 0.15) is 19.8 Å². The highest BCUT2D eigenvalue weighted by molar-refractivity contribution is 5.73. The van der Waals surface area contributed by atoms with Crippen molar-refractivity contribution < 1.29 is 24.1 Å². The number of nitrogens with one attached hydrogen (secondary N) is 1. The van der Waals surface area contributed by atoms with Crippen molar-refractivity contribution in [3.8, 4) is 17.2 Å². The maximum atomic E-state index is 11.1. The molecule has 0 radical (unpaired) electrons. The number of ether oxygens (including phenoxy) is 3. The number of hydrogen-bond acceptors (Lipinski definition) is 5. The van der Waals surface area contributed by atoms with E-state index in [4.69, 9.17) is 19.3 Å². The van der Waals surface area contributed by atoms with E-state index in [1.54, 1.807) is 32.4 Å². The van der Waals surface area contributed by atoms with Crippen molar-refractivity contribution in [2.24, 2.45) is 0 Å². The van der Waals surface area contributed by atoms with Gasteiger partial charge in [-0.25, -0.2) is 0 Å². The molecule has 6 heteroatoms. The maximum Gasteiger partial charge on any atom is 0.320 e. The molecule has 118 valence electrons. The summed E-state index contributed by atoms with van der Waals surface area (Å²) in [4.78, 5) is 11.1. The molecule has 1 aromatic rings. The predicted octanol–water partition coefficient (Wildman–Crippen LogP) is 1.93. The summed E-state index contributed by atoms with van der Waals surface area (Å²) in [7, 11) is 3.13. The molecule has 1 unspecified atom stereocenters. The maximum absolute atomic E-state index is 11.1. The third kappa shape index (κ3) is 5.91. The summed E-state index contributed by atoms with van der Waals surface area (Å²) in [5.74, 6) is 0.979. The second-order valence-corrected chi connectivity index (χ2v) is 4.53. The molecule has 2 N–H and O–H groups in total. The molecule has 0 fully saturated rings. The van der Waals surface area contributed by atoms with Crippen LogP contribution in [0.5, 0.6) is 17.2 Å². The second-order valence-electron chi connectivity index (χ2n) is 4.53. The summed E-state index contributed by atoms with van der Waals surface area (Å²) in [6, 6.07) is 4.61. The fourth-order valence-corrected chi connectivity index (χ4v) is 1.79. The molecule has 0 saturated carbocycles. The zero-order chi connectivity index (χ0) is 15.7. The number of carboxylic acid groups (broad SMARTS) is 1. The minimum Gasteiger partial charge on any atom is -0.496 e. The first-order chi connectivity index (χ1) is 10.1. The highest BCUT2D eigenvalue weighted by Crippen LogP contribution is 2.27. The van der Waals surface area contributed by atoms with Crippen molar-refractivity contribution in [3.05, 3.63) is 18.2 Å². The van der Waals surface area contributed by atoms with Crippen molar-refractivity contribution >= 4 is 5.97 Å². The Labute approximate surface area is 125 Å². The largest absolute Gasteiger partial charge is 0.496 e. The molecule has 1 atom stereocenters. The molecule has 0 saturated heterocycles. The summed E-state index contributed by atoms with van der Waals surface area (Å²) < 4.78 is 15.9. The summed E-state index contributed by atoms with van der Waals surface area (Å²) >= 11 is 0. The van der Waals surface area contributed by atoms with E-state index in [2.05, 4.69) is 5.32 Å². The molecule has 1 rings (SSSR count). The number of rotatable bonds is 10. The average molecular weight is 297 g/mol. The SMILES string of the molecule is CCCNC(CCOc1cc(OC)cc(OC)c1)C(=O)O. The van der Waals surface area contributed by atoms with Crippen LogP contribution < -0.4 is 19.5 Å². The standard InChI is InChI=1S/C15H23NO5/c1-4-6-16-14(15(17)18)5-7-21-13-9-11(19-2)8-12(10-13)20-3/h8-10,14,16H,4-7H2,1-3H3,(H,17,18). The molecule has 0 aliphatic rings. The number of aliphatic carboxylic acids is 1. The first-order valence-electron chi connectivity index (χ1n) is 6.92. The van der Waals surface area contributed by atoms with Crippen molar-refractivity contribution in [2.45, 2.75) is 25.8 Å². The van der Waals surface area contributed by atoms with Gasteiger partial charge in [0.2, 0.25) is 0 Å². The van der Waals surface area contributed by atoms with Crippen LogP contribution in [0.2, 0.25) is 0 Å². The van der Waals surface area contributed by atoms with Crippen LogP contribution in [0.4, 0.5) is 0 Å². The quantitative estimate of drug-likeness (QED) is 0.687. The van der Waals surface area contributed by atoms with Gasteiger partial charge in [0, 0.05) is 24.6 Å². The van der Waals surface area contributed by atoms with Gasteiger partial charge >= 0.3 is 5.97 Å². The molecular weight excluding hydrogens is 274 g/mol. The van der Waals surface area contributed by atoms with Crippen LogP contribution in [0.15, 0.2) is 18.2 Å². The summed E-state index contributed by atoms with van der Waals surface area (Å²) in [6.07, 6.45) is 1.27. The Hall–Kier alpha value is -1.95. The normalized spacial score (nSPS) is 11.8. The smallest absolute Gasteiger partial charge is 0.320 e. The fraction of sp³-hybridized carbons (Fsp3) is 0.533. The van der Waals surface area contributed by atoms with E-state index in [9.17, 15) is 4.79 Å². The van der Waals surface area contributed by atoms with Gasteiger partial charge in [0.25, 0.3) is 0 Å². The van der Waals surface area contributed by atoms with Crippen molar-refractivity contribution in [3.63, 3.8) is 0 Å². The zero-order valence-corrected chi connectivity index (χ0v) is 12.7. The summed E-state index contributed by atoms with van der Waals surface area (Å²) in [6.45, 7) is 2.96. The van der Waals surface area contributed by atoms with Gasteiger partial charge in [-0.05, 0) is 13.0 Å². The van der Waals surface area contributed by atoms with Gasteiger partial charge in [-0.1, -0.05) is 6.92 Å². The Morgan fingerprint density at radius 1 is 1.19 bits per heavy atom. The number of methoxy groups -OCH3 is 2. The Kier molecular flexibility index (Phi) is 7.39. The van der Waals surface area contributed by atoms with Gasteiger partial charge in [-0.15, -0.1) is 0 Å². The minimum atomic E-state index is -0.865. The molecule has 21 heavy (non-hydrogen) atoms. The lowest BCUT2D eigenvalue weighted by molar-refractivity contribution is -0.139. The van der Waals surface area contributed by atoms with Crippen molar-refractivity contribution in [1.82, 2.24) is 5.32 Å². The van der Waals surface area contributed by atoms with E-state index in [0.29, 0.717) is 36.8 Å². The molecule has 0 aliphatic carbocycles. The average Bonchev–Trinajstić information content (AvgIpc) is 2.49. The van der Waals surface area contributed by atoms with Gasteiger partial charge in [0.1, 0.15) is 23.3 Å². The van der Waals surface area contributed by atoms with Crippen LogP contribution in [0.25, 0.3) is 0 Å². The van der Waals surface area contributed by atoms with Gasteiger partial charge in [0.15, 0.2) is 0 Å². The molecule has 0 spiro atoms. The van der Waals surface area contributed by atoms with Crippen LogP contribution in [0, 0.1) is 0 Å². The minimum absolute atomic E-state index is 0.296. The Balaban J connectivity index is 2.55. The van der Waals surface area contributed by atoms with Gasteiger partial charge < -0.3 is 24.6 Å². The monoisotopic (exact) mass is 297 g/mol. The topological polar surface area (TPSA) is 77.0 Å². The van der Waals surface area contributed by atoms with Gasteiger partial charge in [-0.3, -0.25) is 4.79 Å². The predicted molar refractivity (Wildman–Crippen MR) is 79.4 cm³/mol. The number of carbonyl (C=O) groups is 1. The molecule has 0 amide bonds. The van der Waals surface area contributed by atoms with Crippen molar-refractivity contribution in [1.29, 1.82) is 0 Å². The molecule has 0 aromatic heterocycles. The van der Waals surface area contributed by atoms with E-state index >= 15 is 0 Å². The first kappa shape index (κ1) is 17.1. The second kappa shape index (κ2) is 9.07. The van der Waals surface area contributed by atoms with E-state index in [1.807, 2.05) is 6.92 Å². The van der Waals surface area contributed by atoms with Crippen LogP contribution in [-0.2, 0) is 4.79 Å². The Morgan fingerprint density at radius 3 is 2.24 bits per heavy atom. The highest BCUT2D eigenvalue weighted by atomic mass is 16.5. The Bertz CT molecular complexity index is 427. The Morgan fingerprint density at radius 2 is 1.76 bits per heavy atom. The van der Waals surface area contributed by atoms with Gasteiger partial charge in [-0.2, -0.15) is 0 Å². The highest BCUT2D eigenvalue weighted by Gasteiger charge is 2.16. The molecule has 0 aliphatic heterocycles. The van der Waals surface area contributed by atoms with Crippen LogP contribution >= 0.6 is 0 Å². The molecule has 1 aromatic carbocycles. The third-order valence-corrected chi connectivity index (χ3v) is 2.94. The number of benzene rings is 1. The van der Waals surface area contributed by atoms with E-state index in [0.717, 1.165) is 6.42 Å². The van der Waals surface area contributed by atoms with E-state index < -0.39 is 12.0 Å². The summed E-state index contributed by atoms with van der Waals surface area (Å²) in [5.41, 5.74) is 0. The number of hydrogen-bond donors (Lipinski definition) is 2. The lowest BCUT2D eigenvalue weighted by Gasteiger charge is -2.15. The lowest BCUT2D eigenvalue weighted by Crippen LogP contribution is -2.38. The molecule has 6 nitrogen and oxygen atoms in total. The van der Waals surface area contributed by atoms with Crippen LogP contribution in [0.3, 0.4) is 0 Å². The lowest BCUT2D eigenvalue weighted by atomic mass is 10.2. The molecular formula is C15H23NO5. The number of carboxylic acids is 1. The van der Waals surface area contributed by atoms with Crippen LogP contribution in [-0.4, -0.2) is 44.5 Å². The fourth-order valence-electron chi connectivity index (χ4n) is 1.79. The zero-order valence-electron chi connectivity index (χ0n) is 12.7. The van der Waals surface area contributed by atoms with E-state index in [-0.39, 0.29) is 0 Å². The van der Waals surface area contributed by atoms with Gasteiger partial charge in [0.05, 0.1) is 20.8 Å². The van der Waals surface area contributed by atoms with Crippen molar-refractivity contribution in [2.75, 3.05) is 27.4 Å². The summed E-state index contributed by atoms with van der Waals surface area (Å²) in [5, 5.41) is 12.1.